The summed E-state index contributed by atoms with van der Waals surface area (Å²) in [6.45, 7) is 4.10. The van der Waals surface area contributed by atoms with E-state index in [2.05, 4.69) is 15.6 Å². The number of amides is 3. The summed E-state index contributed by atoms with van der Waals surface area (Å²) in [5.74, 6) is -1.97. The van der Waals surface area contributed by atoms with Gasteiger partial charge in [0.1, 0.15) is 18.1 Å². The lowest BCUT2D eigenvalue weighted by Crippen LogP contribution is -2.59. The summed E-state index contributed by atoms with van der Waals surface area (Å²) in [7, 11) is 0. The van der Waals surface area contributed by atoms with Crippen LogP contribution in [0.5, 0.6) is 0 Å². The molecule has 0 aliphatic carbocycles. The lowest BCUT2D eigenvalue weighted by Gasteiger charge is -2.31. The normalized spacial score (nSPS) is 18.5. The van der Waals surface area contributed by atoms with Gasteiger partial charge in [-0.3, -0.25) is 14.4 Å². The second-order valence-corrected chi connectivity index (χ2v) is 10.9. The number of para-hydroxylation sites is 1. The van der Waals surface area contributed by atoms with Gasteiger partial charge in [-0.2, -0.15) is 11.8 Å². The number of H-pyrrole nitrogens is 1. The Kier molecular flexibility index (Phi) is 10.6. The van der Waals surface area contributed by atoms with Crippen LogP contribution < -0.4 is 16.4 Å². The van der Waals surface area contributed by atoms with Gasteiger partial charge in [0.25, 0.3) is 0 Å². The molecule has 1 aromatic carbocycles. The Labute approximate surface area is 227 Å². The summed E-state index contributed by atoms with van der Waals surface area (Å²) in [5.41, 5.74) is 8.11. The largest absolute Gasteiger partial charge is 0.480 e. The molecule has 3 amide bonds. The standard InChI is InChI=1S/C27H39N5O5S/c1-4-16(2)23(26(35)32-12-7-10-22(32)27(36)37)31-25(34)21(11-13-38-3)30-24(33)19(28)14-17-15-29-20-9-6-5-8-18(17)20/h5-6,8-9,15-16,19,21-23,29H,4,7,10-14,28H2,1-3H3,(H,30,33)(H,31,34)(H,36,37). The third-order valence-electron chi connectivity index (χ3n) is 7.29. The first kappa shape index (κ1) is 29.5. The number of nitrogens with two attached hydrogens (primary N) is 1. The number of benzene rings is 1. The van der Waals surface area contributed by atoms with Crippen LogP contribution in [-0.2, 0) is 25.6 Å². The molecule has 1 saturated heterocycles. The van der Waals surface area contributed by atoms with E-state index >= 15 is 0 Å². The number of carbonyl (C=O) groups is 4. The van der Waals surface area contributed by atoms with Gasteiger partial charge in [0, 0.05) is 23.6 Å². The van der Waals surface area contributed by atoms with Gasteiger partial charge in [-0.05, 0) is 55.2 Å². The molecule has 1 fully saturated rings. The van der Waals surface area contributed by atoms with Gasteiger partial charge in [-0.15, -0.1) is 0 Å². The van der Waals surface area contributed by atoms with Crippen molar-refractivity contribution < 1.29 is 24.3 Å². The topological polar surface area (TPSA) is 158 Å². The predicted molar refractivity (Wildman–Crippen MR) is 149 cm³/mol. The number of carboxylic acids is 1. The number of nitrogens with zero attached hydrogens (tertiary/aromatic N) is 1. The van der Waals surface area contributed by atoms with Gasteiger partial charge in [0.2, 0.25) is 17.7 Å². The second kappa shape index (κ2) is 13.7. The molecular formula is C27H39N5O5S. The highest BCUT2D eigenvalue weighted by atomic mass is 32.2. The van der Waals surface area contributed by atoms with Crippen LogP contribution in [0, 0.1) is 5.92 Å². The van der Waals surface area contributed by atoms with Gasteiger partial charge in [-0.1, -0.05) is 38.5 Å². The molecule has 5 unspecified atom stereocenters. The molecule has 6 N–H and O–H groups in total. The van der Waals surface area contributed by atoms with E-state index in [1.807, 2.05) is 50.6 Å². The molecule has 1 aromatic heterocycles. The fourth-order valence-corrected chi connectivity index (χ4v) is 5.29. The van der Waals surface area contributed by atoms with Crippen LogP contribution in [0.25, 0.3) is 10.9 Å². The van der Waals surface area contributed by atoms with Crippen LogP contribution in [0.4, 0.5) is 0 Å². The molecule has 208 valence electrons. The van der Waals surface area contributed by atoms with Crippen molar-refractivity contribution in [3.05, 3.63) is 36.0 Å². The molecule has 0 radical (unpaired) electrons. The number of nitrogens with one attached hydrogen (secondary N) is 3. The van der Waals surface area contributed by atoms with Crippen LogP contribution in [0.1, 0.15) is 45.1 Å². The zero-order valence-corrected chi connectivity index (χ0v) is 23.1. The minimum atomic E-state index is -1.04. The van der Waals surface area contributed by atoms with Gasteiger partial charge in [0.05, 0.1) is 6.04 Å². The van der Waals surface area contributed by atoms with Gasteiger partial charge >= 0.3 is 5.97 Å². The number of rotatable bonds is 13. The first-order valence-corrected chi connectivity index (χ1v) is 14.5. The Bertz CT molecular complexity index is 1140. The third-order valence-corrected chi connectivity index (χ3v) is 7.94. The lowest BCUT2D eigenvalue weighted by molar-refractivity contribution is -0.150. The highest BCUT2D eigenvalue weighted by Crippen LogP contribution is 2.22. The minimum absolute atomic E-state index is 0.220. The zero-order chi connectivity index (χ0) is 27.8. The van der Waals surface area contributed by atoms with Crippen molar-refractivity contribution in [2.24, 2.45) is 11.7 Å². The molecule has 2 heterocycles. The van der Waals surface area contributed by atoms with E-state index in [1.54, 1.807) is 11.8 Å². The Morgan fingerprint density at radius 1 is 1.21 bits per heavy atom. The number of hydrogen-bond acceptors (Lipinski definition) is 6. The fourth-order valence-electron chi connectivity index (χ4n) is 4.82. The Morgan fingerprint density at radius 3 is 2.63 bits per heavy atom. The number of aliphatic carboxylic acids is 1. The van der Waals surface area contributed by atoms with Crippen molar-refractivity contribution in [1.82, 2.24) is 20.5 Å². The molecule has 38 heavy (non-hydrogen) atoms. The molecular weight excluding hydrogens is 506 g/mol. The van der Waals surface area contributed by atoms with Crippen molar-refractivity contribution in [1.29, 1.82) is 0 Å². The number of carbonyl (C=O) groups excluding carboxylic acids is 3. The number of likely N-dealkylation sites (tertiary alicyclic amines) is 1. The maximum atomic E-state index is 13.4. The SMILES string of the molecule is CCC(C)C(NC(=O)C(CCSC)NC(=O)C(N)Cc1c[nH]c2ccccc12)C(=O)N1CCCC1C(=O)O. The maximum Gasteiger partial charge on any atom is 0.326 e. The second-order valence-electron chi connectivity index (χ2n) is 9.91. The first-order chi connectivity index (χ1) is 18.2. The number of aromatic amines is 1. The van der Waals surface area contributed by atoms with Crippen molar-refractivity contribution in [2.45, 2.75) is 70.1 Å². The van der Waals surface area contributed by atoms with Crippen LogP contribution >= 0.6 is 11.8 Å². The highest BCUT2D eigenvalue weighted by Gasteiger charge is 2.40. The first-order valence-electron chi connectivity index (χ1n) is 13.1. The van der Waals surface area contributed by atoms with Crippen LogP contribution in [-0.4, -0.2) is 81.4 Å². The molecule has 1 aliphatic rings. The van der Waals surface area contributed by atoms with Crippen molar-refractivity contribution in [3.8, 4) is 0 Å². The molecule has 2 aromatic rings. The number of carboxylic acid groups (broad SMARTS) is 1. The van der Waals surface area contributed by atoms with Crippen molar-refractivity contribution in [2.75, 3.05) is 18.6 Å². The van der Waals surface area contributed by atoms with Crippen molar-refractivity contribution >= 4 is 46.4 Å². The van der Waals surface area contributed by atoms with E-state index in [0.29, 0.717) is 44.4 Å². The summed E-state index contributed by atoms with van der Waals surface area (Å²) in [4.78, 5) is 56.0. The Balaban J connectivity index is 1.71. The molecule has 3 rings (SSSR count). The summed E-state index contributed by atoms with van der Waals surface area (Å²) in [6, 6.07) is 4.23. The quantitative estimate of drug-likeness (QED) is 0.257. The maximum absolute atomic E-state index is 13.4. The Morgan fingerprint density at radius 2 is 1.95 bits per heavy atom. The van der Waals surface area contributed by atoms with E-state index in [4.69, 9.17) is 5.73 Å². The summed E-state index contributed by atoms with van der Waals surface area (Å²) in [5, 5.41) is 16.1. The molecule has 11 heteroatoms. The summed E-state index contributed by atoms with van der Waals surface area (Å²) in [6.07, 6.45) is 6.01. The fraction of sp³-hybridized carbons (Fsp3) is 0.556. The number of fused-ring (bicyclic) bond motifs is 1. The van der Waals surface area contributed by atoms with E-state index < -0.39 is 47.9 Å². The smallest absolute Gasteiger partial charge is 0.326 e. The van der Waals surface area contributed by atoms with Gasteiger partial charge in [-0.25, -0.2) is 4.79 Å². The molecule has 0 saturated carbocycles. The van der Waals surface area contributed by atoms with E-state index in [9.17, 15) is 24.3 Å². The average Bonchev–Trinajstić information content (AvgIpc) is 3.56. The highest BCUT2D eigenvalue weighted by molar-refractivity contribution is 7.98. The van der Waals surface area contributed by atoms with Gasteiger partial charge in [0.15, 0.2) is 0 Å². The van der Waals surface area contributed by atoms with Gasteiger partial charge < -0.3 is 31.4 Å². The third kappa shape index (κ3) is 7.08. The molecule has 1 aliphatic heterocycles. The molecule has 5 atom stereocenters. The summed E-state index contributed by atoms with van der Waals surface area (Å²) >= 11 is 1.54. The monoisotopic (exact) mass is 545 g/mol. The van der Waals surface area contributed by atoms with Crippen molar-refractivity contribution in [3.63, 3.8) is 0 Å². The molecule has 10 nitrogen and oxygen atoms in total. The van der Waals surface area contributed by atoms with Crippen LogP contribution in [0.3, 0.4) is 0 Å². The van der Waals surface area contributed by atoms with E-state index in [1.165, 1.54) is 4.90 Å². The Hall–Kier alpha value is -3.05. The molecule has 0 bridgehead atoms. The zero-order valence-electron chi connectivity index (χ0n) is 22.2. The van der Waals surface area contributed by atoms with E-state index in [-0.39, 0.29) is 5.92 Å². The minimum Gasteiger partial charge on any atom is -0.480 e. The number of aromatic nitrogens is 1. The lowest BCUT2D eigenvalue weighted by atomic mass is 9.96. The number of thioether (sulfide) groups is 1. The number of hydrogen-bond donors (Lipinski definition) is 5. The molecule has 0 spiro atoms. The predicted octanol–water partition coefficient (Wildman–Crippen LogP) is 1.88. The summed E-state index contributed by atoms with van der Waals surface area (Å²) < 4.78 is 0. The van der Waals surface area contributed by atoms with Crippen LogP contribution in [0.15, 0.2) is 30.5 Å². The van der Waals surface area contributed by atoms with Crippen LogP contribution in [0.2, 0.25) is 0 Å². The average molecular weight is 546 g/mol. The van der Waals surface area contributed by atoms with E-state index in [0.717, 1.165) is 16.5 Å².